The van der Waals surface area contributed by atoms with Crippen LogP contribution in [-0.2, 0) is 0 Å². The van der Waals surface area contributed by atoms with Crippen LogP contribution in [0, 0.1) is 0 Å². The third-order valence-electron chi connectivity index (χ3n) is 1.89. The van der Waals surface area contributed by atoms with Crippen LogP contribution in [0.25, 0.3) is 0 Å². The van der Waals surface area contributed by atoms with E-state index >= 15 is 0 Å². The number of rotatable bonds is 6. The van der Waals surface area contributed by atoms with E-state index in [1.165, 1.54) is 0 Å². The molecule has 0 saturated heterocycles. The molecule has 0 aromatic carbocycles. The molecule has 0 unspecified atom stereocenters. The first-order chi connectivity index (χ1) is 7.51. The normalized spacial score (nSPS) is 11.2. The van der Waals surface area contributed by atoms with Gasteiger partial charge in [0.2, 0.25) is 0 Å². The highest BCUT2D eigenvalue weighted by atomic mass is 16.3. The second-order valence-corrected chi connectivity index (χ2v) is 4.38. The van der Waals surface area contributed by atoms with Crippen LogP contribution < -0.4 is 10.6 Å². The molecule has 1 aromatic heterocycles. The van der Waals surface area contributed by atoms with Gasteiger partial charge < -0.3 is 15.7 Å². The lowest BCUT2D eigenvalue weighted by molar-refractivity contribution is 0.0944. The molecule has 0 fully saturated rings. The van der Waals surface area contributed by atoms with E-state index in [4.69, 9.17) is 0 Å². The van der Waals surface area contributed by atoms with Gasteiger partial charge in [0, 0.05) is 13.1 Å². The van der Waals surface area contributed by atoms with Crippen molar-refractivity contribution in [2.45, 2.75) is 32.8 Å². The minimum absolute atomic E-state index is 0.443. The molecule has 1 aromatic rings. The Hall–Kier alpha value is -1.36. The second-order valence-electron chi connectivity index (χ2n) is 4.38. The number of anilines is 2. The molecule has 3 N–H and O–H groups in total. The first-order valence-corrected chi connectivity index (χ1v) is 5.53. The second kappa shape index (κ2) is 5.65. The molecule has 0 aliphatic carbocycles. The SMILES string of the molecule is CCCNc1cncc(NCC(C)(C)O)n1. The van der Waals surface area contributed by atoms with E-state index in [0.717, 1.165) is 18.8 Å². The number of hydrogen-bond acceptors (Lipinski definition) is 5. The topological polar surface area (TPSA) is 70.1 Å². The summed E-state index contributed by atoms with van der Waals surface area (Å²) in [6.45, 7) is 6.90. The molecular formula is C11H20N4O. The third-order valence-corrected chi connectivity index (χ3v) is 1.89. The number of aromatic nitrogens is 2. The van der Waals surface area contributed by atoms with Crippen molar-refractivity contribution in [1.29, 1.82) is 0 Å². The Morgan fingerprint density at radius 3 is 2.44 bits per heavy atom. The van der Waals surface area contributed by atoms with Crippen LogP contribution in [0.3, 0.4) is 0 Å². The fraction of sp³-hybridized carbons (Fsp3) is 0.636. The summed E-state index contributed by atoms with van der Waals surface area (Å²) < 4.78 is 0. The van der Waals surface area contributed by atoms with Crippen LogP contribution in [0.1, 0.15) is 27.2 Å². The summed E-state index contributed by atoms with van der Waals surface area (Å²) in [5.41, 5.74) is -0.755. The highest BCUT2D eigenvalue weighted by Gasteiger charge is 2.12. The van der Waals surface area contributed by atoms with Gasteiger partial charge in [-0.1, -0.05) is 6.92 Å². The number of nitrogens with zero attached hydrogens (tertiary/aromatic N) is 2. The van der Waals surface area contributed by atoms with Crippen LogP contribution >= 0.6 is 0 Å². The largest absolute Gasteiger partial charge is 0.389 e. The number of nitrogens with one attached hydrogen (secondary N) is 2. The smallest absolute Gasteiger partial charge is 0.147 e. The van der Waals surface area contributed by atoms with Gasteiger partial charge in [-0.15, -0.1) is 0 Å². The quantitative estimate of drug-likeness (QED) is 0.683. The minimum Gasteiger partial charge on any atom is -0.389 e. The van der Waals surface area contributed by atoms with Crippen molar-refractivity contribution < 1.29 is 5.11 Å². The van der Waals surface area contributed by atoms with Crippen molar-refractivity contribution in [2.75, 3.05) is 23.7 Å². The summed E-state index contributed by atoms with van der Waals surface area (Å²) >= 11 is 0. The maximum atomic E-state index is 9.56. The molecule has 1 heterocycles. The molecule has 0 spiro atoms. The van der Waals surface area contributed by atoms with Crippen molar-refractivity contribution in [3.63, 3.8) is 0 Å². The van der Waals surface area contributed by atoms with E-state index in [1.807, 2.05) is 0 Å². The highest BCUT2D eigenvalue weighted by molar-refractivity contribution is 5.41. The molecule has 0 bridgehead atoms. The Balaban J connectivity index is 2.53. The fourth-order valence-corrected chi connectivity index (χ4v) is 1.10. The Kier molecular flexibility index (Phi) is 4.49. The van der Waals surface area contributed by atoms with Crippen LogP contribution in [-0.4, -0.2) is 33.8 Å². The van der Waals surface area contributed by atoms with E-state index in [0.29, 0.717) is 12.4 Å². The van der Waals surface area contributed by atoms with Gasteiger partial charge >= 0.3 is 0 Å². The predicted octanol–water partition coefficient (Wildman–Crippen LogP) is 1.48. The van der Waals surface area contributed by atoms with Crippen LogP contribution in [0.15, 0.2) is 12.4 Å². The van der Waals surface area contributed by atoms with Gasteiger partial charge in [0.15, 0.2) is 0 Å². The zero-order valence-corrected chi connectivity index (χ0v) is 10.1. The van der Waals surface area contributed by atoms with Crippen LogP contribution in [0.2, 0.25) is 0 Å². The summed E-state index contributed by atoms with van der Waals surface area (Å²) in [5, 5.41) is 15.8. The minimum atomic E-state index is -0.755. The van der Waals surface area contributed by atoms with Gasteiger partial charge in [0.25, 0.3) is 0 Å². The van der Waals surface area contributed by atoms with Crippen molar-refractivity contribution in [2.24, 2.45) is 0 Å². The molecule has 0 aliphatic heterocycles. The van der Waals surface area contributed by atoms with Crippen molar-refractivity contribution in [3.8, 4) is 0 Å². The lowest BCUT2D eigenvalue weighted by Crippen LogP contribution is -2.29. The molecule has 16 heavy (non-hydrogen) atoms. The lowest BCUT2D eigenvalue weighted by Gasteiger charge is -2.18. The highest BCUT2D eigenvalue weighted by Crippen LogP contribution is 2.08. The standard InChI is InChI=1S/C11H20N4O/c1-4-5-13-9-6-12-7-10(15-9)14-8-11(2,3)16/h6-7,16H,4-5,8H2,1-3H3,(H2,13,14,15). The maximum absolute atomic E-state index is 9.56. The van der Waals surface area contributed by atoms with E-state index in [2.05, 4.69) is 27.5 Å². The molecule has 5 nitrogen and oxygen atoms in total. The molecule has 90 valence electrons. The molecule has 1 rings (SSSR count). The first-order valence-electron chi connectivity index (χ1n) is 5.53. The summed E-state index contributed by atoms with van der Waals surface area (Å²) in [7, 11) is 0. The lowest BCUT2D eigenvalue weighted by atomic mass is 10.1. The van der Waals surface area contributed by atoms with Crippen LogP contribution in [0.4, 0.5) is 11.6 Å². The fourth-order valence-electron chi connectivity index (χ4n) is 1.10. The molecule has 0 radical (unpaired) electrons. The predicted molar refractivity (Wildman–Crippen MR) is 65.6 cm³/mol. The molecule has 0 atom stereocenters. The summed E-state index contributed by atoms with van der Waals surface area (Å²) in [4.78, 5) is 8.39. The molecule has 0 amide bonds. The number of aliphatic hydroxyl groups is 1. The van der Waals surface area contributed by atoms with Crippen molar-refractivity contribution >= 4 is 11.6 Å². The molecule has 0 saturated carbocycles. The van der Waals surface area contributed by atoms with Gasteiger partial charge in [0.05, 0.1) is 18.0 Å². The van der Waals surface area contributed by atoms with Gasteiger partial charge in [-0.2, -0.15) is 0 Å². The molecule has 5 heteroatoms. The first kappa shape index (κ1) is 12.7. The van der Waals surface area contributed by atoms with Gasteiger partial charge in [-0.3, -0.25) is 4.98 Å². The zero-order chi connectivity index (χ0) is 12.0. The third kappa shape index (κ3) is 4.93. The maximum Gasteiger partial charge on any atom is 0.147 e. The van der Waals surface area contributed by atoms with E-state index in [9.17, 15) is 5.11 Å². The number of hydrogen-bond donors (Lipinski definition) is 3. The zero-order valence-electron chi connectivity index (χ0n) is 10.1. The monoisotopic (exact) mass is 224 g/mol. The van der Waals surface area contributed by atoms with E-state index in [1.54, 1.807) is 26.2 Å². The summed E-state index contributed by atoms with van der Waals surface area (Å²) in [5.74, 6) is 1.42. The van der Waals surface area contributed by atoms with E-state index < -0.39 is 5.60 Å². The average Bonchev–Trinajstić information content (AvgIpc) is 2.23. The van der Waals surface area contributed by atoms with Crippen molar-refractivity contribution in [3.05, 3.63) is 12.4 Å². The van der Waals surface area contributed by atoms with Gasteiger partial charge in [-0.25, -0.2) is 4.98 Å². The Labute approximate surface area is 96.3 Å². The Bertz CT molecular complexity index is 322. The van der Waals surface area contributed by atoms with E-state index in [-0.39, 0.29) is 0 Å². The molecule has 0 aliphatic rings. The van der Waals surface area contributed by atoms with Gasteiger partial charge in [-0.05, 0) is 20.3 Å². The average molecular weight is 224 g/mol. The summed E-state index contributed by atoms with van der Waals surface area (Å²) in [6, 6.07) is 0. The van der Waals surface area contributed by atoms with Crippen molar-refractivity contribution in [1.82, 2.24) is 9.97 Å². The Morgan fingerprint density at radius 2 is 1.88 bits per heavy atom. The Morgan fingerprint density at radius 1 is 1.25 bits per heavy atom. The summed E-state index contributed by atoms with van der Waals surface area (Å²) in [6.07, 6.45) is 4.37. The van der Waals surface area contributed by atoms with Gasteiger partial charge in [0.1, 0.15) is 11.6 Å². The molecular weight excluding hydrogens is 204 g/mol. The van der Waals surface area contributed by atoms with Crippen LogP contribution in [0.5, 0.6) is 0 Å².